The highest BCUT2D eigenvalue weighted by Crippen LogP contribution is 2.16. The fourth-order valence-electron chi connectivity index (χ4n) is 2.73. The largest absolute Gasteiger partial charge is 0.378 e. The van der Waals surface area contributed by atoms with Crippen LogP contribution in [0, 0.1) is 0 Å². The second kappa shape index (κ2) is 8.29. The Morgan fingerprint density at radius 2 is 2.16 bits per heavy atom. The number of amides is 1. The Labute approximate surface area is 150 Å². The van der Waals surface area contributed by atoms with E-state index in [1.54, 1.807) is 18.3 Å². The van der Waals surface area contributed by atoms with E-state index in [1.807, 2.05) is 18.2 Å². The first-order valence-electron chi connectivity index (χ1n) is 8.17. The number of aromatic nitrogens is 1. The minimum absolute atomic E-state index is 0.0165. The molecule has 2 aromatic rings. The first-order valence-corrected chi connectivity index (χ1v) is 8.54. The lowest BCUT2D eigenvalue weighted by Gasteiger charge is -2.23. The lowest BCUT2D eigenvalue weighted by atomic mass is 10.2. The van der Waals surface area contributed by atoms with E-state index in [9.17, 15) is 9.59 Å². The van der Waals surface area contributed by atoms with Gasteiger partial charge in [-0.05, 0) is 17.7 Å². The topological polar surface area (TPSA) is 72.4 Å². The monoisotopic (exact) mass is 361 g/mol. The third-order valence-electron chi connectivity index (χ3n) is 4.00. The number of carbonyl (C=O) groups is 1. The molecule has 6 nitrogen and oxygen atoms in total. The molecule has 2 N–H and O–H groups in total. The highest BCUT2D eigenvalue weighted by molar-refractivity contribution is 6.31. The Kier molecular flexibility index (Phi) is 5.86. The van der Waals surface area contributed by atoms with E-state index in [2.05, 4.69) is 10.6 Å². The number of anilines is 1. The van der Waals surface area contributed by atoms with E-state index in [0.717, 1.165) is 12.1 Å². The number of ether oxygens (including phenoxy) is 1. The molecular weight excluding hydrogens is 342 g/mol. The van der Waals surface area contributed by atoms with E-state index >= 15 is 0 Å². The van der Waals surface area contributed by atoms with Crippen molar-refractivity contribution in [2.75, 3.05) is 25.1 Å². The van der Waals surface area contributed by atoms with Gasteiger partial charge in [0.05, 0.1) is 25.4 Å². The predicted octanol–water partition coefficient (Wildman–Crippen LogP) is 1.87. The lowest BCUT2D eigenvalue weighted by Crippen LogP contribution is -2.43. The SMILES string of the molecule is O=C(CC1COCCN1)Nc1ccc(=O)n(Cc2ccccc2Cl)c1. The van der Waals surface area contributed by atoms with Crippen LogP contribution in [0.2, 0.25) is 5.02 Å². The third-order valence-corrected chi connectivity index (χ3v) is 4.36. The van der Waals surface area contributed by atoms with Crippen LogP contribution in [-0.4, -0.2) is 36.3 Å². The number of rotatable bonds is 5. The predicted molar refractivity (Wildman–Crippen MR) is 97.1 cm³/mol. The van der Waals surface area contributed by atoms with Gasteiger partial charge in [0.1, 0.15) is 0 Å². The normalized spacial score (nSPS) is 17.2. The van der Waals surface area contributed by atoms with Crippen molar-refractivity contribution in [3.8, 4) is 0 Å². The van der Waals surface area contributed by atoms with Gasteiger partial charge in [0.2, 0.25) is 5.91 Å². The molecule has 25 heavy (non-hydrogen) atoms. The molecule has 1 atom stereocenters. The quantitative estimate of drug-likeness (QED) is 0.852. The minimum atomic E-state index is -0.153. The van der Waals surface area contributed by atoms with Gasteiger partial charge in [0.15, 0.2) is 0 Å². The zero-order valence-corrected chi connectivity index (χ0v) is 14.5. The Balaban J connectivity index is 1.67. The molecule has 1 unspecified atom stereocenters. The van der Waals surface area contributed by atoms with Crippen LogP contribution in [0.15, 0.2) is 47.4 Å². The molecule has 7 heteroatoms. The van der Waals surface area contributed by atoms with Crippen molar-refractivity contribution >= 4 is 23.2 Å². The van der Waals surface area contributed by atoms with Gasteiger partial charge in [0, 0.05) is 36.3 Å². The molecule has 1 amide bonds. The summed E-state index contributed by atoms with van der Waals surface area (Å²) < 4.78 is 6.87. The minimum Gasteiger partial charge on any atom is -0.378 e. The number of hydrogen-bond acceptors (Lipinski definition) is 4. The summed E-state index contributed by atoms with van der Waals surface area (Å²) in [7, 11) is 0. The zero-order valence-electron chi connectivity index (χ0n) is 13.7. The van der Waals surface area contributed by atoms with Gasteiger partial charge in [-0.15, -0.1) is 0 Å². The Bertz CT molecular complexity index is 800. The summed E-state index contributed by atoms with van der Waals surface area (Å²) in [6.07, 6.45) is 1.96. The van der Waals surface area contributed by atoms with Crippen LogP contribution in [0.25, 0.3) is 0 Å². The number of nitrogens with zero attached hydrogens (tertiary/aromatic N) is 1. The maximum atomic E-state index is 12.2. The molecular formula is C18H20ClN3O3. The van der Waals surface area contributed by atoms with E-state index in [0.29, 0.717) is 36.9 Å². The maximum Gasteiger partial charge on any atom is 0.250 e. The average Bonchev–Trinajstić information content (AvgIpc) is 2.60. The van der Waals surface area contributed by atoms with Gasteiger partial charge in [-0.1, -0.05) is 29.8 Å². The molecule has 0 aliphatic carbocycles. The van der Waals surface area contributed by atoms with E-state index < -0.39 is 0 Å². The molecule has 132 valence electrons. The molecule has 1 aromatic heterocycles. The van der Waals surface area contributed by atoms with Gasteiger partial charge in [0.25, 0.3) is 5.56 Å². The van der Waals surface area contributed by atoms with Gasteiger partial charge in [-0.2, -0.15) is 0 Å². The van der Waals surface area contributed by atoms with Crippen molar-refractivity contribution in [1.29, 1.82) is 0 Å². The van der Waals surface area contributed by atoms with Crippen LogP contribution in [0.1, 0.15) is 12.0 Å². The molecule has 0 bridgehead atoms. The standard InChI is InChI=1S/C18H20ClN3O3/c19-16-4-2-1-3-13(16)10-22-11-14(5-6-18(22)24)21-17(23)9-15-12-25-8-7-20-15/h1-6,11,15,20H,7-10,12H2,(H,21,23). The Morgan fingerprint density at radius 3 is 2.92 bits per heavy atom. The highest BCUT2D eigenvalue weighted by atomic mass is 35.5. The third kappa shape index (κ3) is 4.92. The fourth-order valence-corrected chi connectivity index (χ4v) is 2.92. The summed E-state index contributed by atoms with van der Waals surface area (Å²) in [4.78, 5) is 24.2. The van der Waals surface area contributed by atoms with Gasteiger partial charge < -0.3 is 19.9 Å². The molecule has 2 heterocycles. The summed E-state index contributed by atoms with van der Waals surface area (Å²) in [5.74, 6) is -0.119. The summed E-state index contributed by atoms with van der Waals surface area (Å²) in [5, 5.41) is 6.67. The summed E-state index contributed by atoms with van der Waals surface area (Å²) in [6, 6.07) is 10.4. The molecule has 1 saturated heterocycles. The Hall–Kier alpha value is -2.15. The van der Waals surface area contributed by atoms with Crippen LogP contribution in [0.5, 0.6) is 0 Å². The number of carbonyl (C=O) groups excluding carboxylic acids is 1. The van der Waals surface area contributed by atoms with Gasteiger partial charge >= 0.3 is 0 Å². The smallest absolute Gasteiger partial charge is 0.250 e. The first kappa shape index (κ1) is 17.7. The molecule has 0 saturated carbocycles. The van der Waals surface area contributed by atoms with Gasteiger partial charge in [-0.25, -0.2) is 0 Å². The molecule has 0 radical (unpaired) electrons. The van der Waals surface area contributed by atoms with Crippen LogP contribution in [0.4, 0.5) is 5.69 Å². The summed E-state index contributed by atoms with van der Waals surface area (Å²) >= 11 is 6.16. The summed E-state index contributed by atoms with van der Waals surface area (Å²) in [6.45, 7) is 2.30. The molecule has 0 spiro atoms. The number of benzene rings is 1. The number of halogens is 1. The second-order valence-corrected chi connectivity index (χ2v) is 6.36. The fraction of sp³-hybridized carbons (Fsp3) is 0.333. The van der Waals surface area contributed by atoms with Crippen LogP contribution in [0.3, 0.4) is 0 Å². The van der Waals surface area contributed by atoms with E-state index in [-0.39, 0.29) is 17.5 Å². The van der Waals surface area contributed by atoms with Crippen molar-refractivity contribution in [2.24, 2.45) is 0 Å². The van der Waals surface area contributed by atoms with Crippen LogP contribution < -0.4 is 16.2 Å². The molecule has 1 aliphatic rings. The van der Waals surface area contributed by atoms with Crippen LogP contribution in [-0.2, 0) is 16.1 Å². The molecule has 3 rings (SSSR count). The zero-order chi connectivity index (χ0) is 17.6. The maximum absolute atomic E-state index is 12.2. The molecule has 1 fully saturated rings. The molecule has 1 aliphatic heterocycles. The van der Waals surface area contributed by atoms with Crippen molar-refractivity contribution in [3.63, 3.8) is 0 Å². The van der Waals surface area contributed by atoms with Crippen molar-refractivity contribution in [3.05, 3.63) is 63.5 Å². The Morgan fingerprint density at radius 1 is 1.32 bits per heavy atom. The second-order valence-electron chi connectivity index (χ2n) is 5.95. The number of pyridine rings is 1. The van der Waals surface area contributed by atoms with Crippen molar-refractivity contribution in [1.82, 2.24) is 9.88 Å². The average molecular weight is 362 g/mol. The number of nitrogens with one attached hydrogen (secondary N) is 2. The molecule has 1 aromatic carbocycles. The highest BCUT2D eigenvalue weighted by Gasteiger charge is 2.17. The lowest BCUT2D eigenvalue weighted by molar-refractivity contribution is -0.117. The van der Waals surface area contributed by atoms with E-state index in [4.69, 9.17) is 16.3 Å². The van der Waals surface area contributed by atoms with Crippen molar-refractivity contribution in [2.45, 2.75) is 19.0 Å². The first-order chi connectivity index (χ1) is 12.1. The summed E-state index contributed by atoms with van der Waals surface area (Å²) in [5.41, 5.74) is 1.27. The number of morpholine rings is 1. The number of hydrogen-bond donors (Lipinski definition) is 2. The van der Waals surface area contributed by atoms with E-state index in [1.165, 1.54) is 10.6 Å². The van der Waals surface area contributed by atoms with Gasteiger partial charge in [-0.3, -0.25) is 9.59 Å². The van der Waals surface area contributed by atoms with Crippen molar-refractivity contribution < 1.29 is 9.53 Å². The van der Waals surface area contributed by atoms with Crippen LogP contribution >= 0.6 is 11.6 Å².